The average molecular weight is 190 g/mol. The monoisotopic (exact) mass is 190 g/mol. The van der Waals surface area contributed by atoms with Crippen molar-refractivity contribution in [1.29, 1.82) is 0 Å². The Kier molecular flexibility index (Phi) is 5.36. The van der Waals surface area contributed by atoms with Gasteiger partial charge in [0.25, 0.3) is 0 Å². The number of carbonyl (C=O) groups excluding carboxylic acids is 1. The summed E-state index contributed by atoms with van der Waals surface area (Å²) in [5, 5.41) is -0.662. The van der Waals surface area contributed by atoms with E-state index < -0.39 is 5.22 Å². The zero-order valence-electron chi connectivity index (χ0n) is 8.29. The maximum Gasteiger partial charge on any atom is 0.149 e. The zero-order valence-corrected chi connectivity index (χ0v) is 10.3. The van der Waals surface area contributed by atoms with Crippen molar-refractivity contribution in [2.45, 2.75) is 32.1 Å². The van der Waals surface area contributed by atoms with Crippen molar-refractivity contribution >= 4 is 16.5 Å². The van der Waals surface area contributed by atoms with Crippen LogP contribution in [0.5, 0.6) is 0 Å². The number of carbonyl (C=O) groups is 1. The normalized spacial score (nSPS) is 18.6. The van der Waals surface area contributed by atoms with E-state index in [4.69, 9.17) is 9.47 Å². The quantitative estimate of drug-likeness (QED) is 0.426. The minimum Gasteiger partial charge on any atom is -0.376 e. The van der Waals surface area contributed by atoms with Crippen LogP contribution in [0.1, 0.15) is 20.8 Å². The number of hydrogen-bond acceptors (Lipinski definition) is 3. The summed E-state index contributed by atoms with van der Waals surface area (Å²) >= 11 is 0. The topological polar surface area (TPSA) is 35.5 Å². The van der Waals surface area contributed by atoms with Crippen molar-refractivity contribution in [2.24, 2.45) is 0 Å². The first kappa shape index (κ1) is 11.8. The fourth-order valence-corrected chi connectivity index (χ4v) is 1.43. The molecule has 2 atom stereocenters. The molecule has 0 rings (SSSR count). The molecule has 12 heavy (non-hydrogen) atoms. The molecule has 0 fully saturated rings. The van der Waals surface area contributed by atoms with Crippen molar-refractivity contribution < 1.29 is 14.3 Å². The molecule has 0 aromatic rings. The smallest absolute Gasteiger partial charge is 0.149 e. The van der Waals surface area contributed by atoms with E-state index in [0.29, 0.717) is 23.5 Å². The Labute approximate surface area is 76.9 Å². The average Bonchev–Trinajstić information content (AvgIpc) is 2.05. The molecule has 2 unspecified atom stereocenters. The van der Waals surface area contributed by atoms with Crippen molar-refractivity contribution in [2.75, 3.05) is 13.2 Å². The van der Waals surface area contributed by atoms with E-state index >= 15 is 0 Å². The Balaban J connectivity index is 4.17. The molecule has 0 aromatic heterocycles. The second kappa shape index (κ2) is 5.45. The molecule has 0 bridgehead atoms. The van der Waals surface area contributed by atoms with Crippen molar-refractivity contribution in [3.05, 3.63) is 0 Å². The van der Waals surface area contributed by atoms with Crippen LogP contribution in [-0.4, -0.2) is 41.1 Å². The number of ether oxygens (including phenoxy) is 2. The van der Waals surface area contributed by atoms with Gasteiger partial charge in [-0.1, -0.05) is 0 Å². The first-order chi connectivity index (χ1) is 5.60. The van der Waals surface area contributed by atoms with E-state index in [2.05, 4.69) is 0 Å². The SMILES string of the molecule is CCOC(C)C([SiH3])(C=O)OCC. The standard InChI is InChI=1S/C8H18O3Si/c1-4-10-7(3)8(12,6-9)11-5-2/h6-7H,4-5H2,1-3,12H3. The largest absolute Gasteiger partial charge is 0.376 e. The molecule has 0 aliphatic rings. The molecule has 0 aliphatic carbocycles. The molecule has 72 valence electrons. The van der Waals surface area contributed by atoms with Gasteiger partial charge in [0.1, 0.15) is 11.5 Å². The highest BCUT2D eigenvalue weighted by Gasteiger charge is 2.31. The maximum absolute atomic E-state index is 10.8. The van der Waals surface area contributed by atoms with Gasteiger partial charge in [0.05, 0.1) is 16.3 Å². The van der Waals surface area contributed by atoms with Gasteiger partial charge in [0.2, 0.25) is 0 Å². The Morgan fingerprint density at radius 2 is 2.08 bits per heavy atom. The molecule has 0 radical (unpaired) electrons. The fraction of sp³-hybridized carbons (Fsp3) is 0.875. The minimum absolute atomic E-state index is 0.133. The van der Waals surface area contributed by atoms with Gasteiger partial charge in [-0.3, -0.25) is 0 Å². The number of aldehydes is 1. The van der Waals surface area contributed by atoms with Gasteiger partial charge in [-0.2, -0.15) is 0 Å². The summed E-state index contributed by atoms with van der Waals surface area (Å²) in [5.74, 6) is 0. The summed E-state index contributed by atoms with van der Waals surface area (Å²) in [6.45, 7) is 6.84. The summed E-state index contributed by atoms with van der Waals surface area (Å²) in [4.78, 5) is 10.8. The fourth-order valence-electron chi connectivity index (χ4n) is 0.974. The van der Waals surface area contributed by atoms with Crippen LogP contribution in [0.3, 0.4) is 0 Å². The molecule has 0 aromatic carbocycles. The Hall–Kier alpha value is -0.193. The highest BCUT2D eigenvalue weighted by atomic mass is 28.1. The molecule has 4 heteroatoms. The van der Waals surface area contributed by atoms with Crippen LogP contribution in [0.2, 0.25) is 0 Å². The van der Waals surface area contributed by atoms with Gasteiger partial charge in [0.15, 0.2) is 0 Å². The number of hydrogen-bond donors (Lipinski definition) is 0. The van der Waals surface area contributed by atoms with Crippen LogP contribution >= 0.6 is 0 Å². The lowest BCUT2D eigenvalue weighted by Gasteiger charge is -2.29. The maximum atomic E-state index is 10.8. The first-order valence-corrected chi connectivity index (χ1v) is 5.32. The first-order valence-electron chi connectivity index (χ1n) is 4.32. The second-order valence-electron chi connectivity index (χ2n) is 2.83. The molecular formula is C8H18O3Si. The molecular weight excluding hydrogens is 172 g/mol. The van der Waals surface area contributed by atoms with Crippen molar-refractivity contribution in [1.82, 2.24) is 0 Å². The highest BCUT2D eigenvalue weighted by Crippen LogP contribution is 2.12. The number of rotatable bonds is 6. The van der Waals surface area contributed by atoms with E-state index in [1.807, 2.05) is 20.8 Å². The summed E-state index contributed by atoms with van der Waals surface area (Å²) in [5.41, 5.74) is 0. The summed E-state index contributed by atoms with van der Waals surface area (Å²) in [6.07, 6.45) is 0.731. The van der Waals surface area contributed by atoms with Crippen LogP contribution in [0.4, 0.5) is 0 Å². The van der Waals surface area contributed by atoms with Gasteiger partial charge in [-0.15, -0.1) is 0 Å². The van der Waals surface area contributed by atoms with Crippen molar-refractivity contribution in [3.8, 4) is 0 Å². The molecule has 0 saturated carbocycles. The molecule has 0 aliphatic heterocycles. The molecule has 0 spiro atoms. The van der Waals surface area contributed by atoms with E-state index in [0.717, 1.165) is 6.29 Å². The third-order valence-corrected chi connectivity index (χ3v) is 3.25. The third kappa shape index (κ3) is 3.04. The Bertz CT molecular complexity index is 140. The second-order valence-corrected chi connectivity index (χ2v) is 4.40. The van der Waals surface area contributed by atoms with Gasteiger partial charge >= 0.3 is 0 Å². The molecule has 0 N–H and O–H groups in total. The summed E-state index contributed by atoms with van der Waals surface area (Å²) < 4.78 is 10.7. The van der Waals surface area contributed by atoms with Gasteiger partial charge in [0, 0.05) is 13.2 Å². The van der Waals surface area contributed by atoms with Gasteiger partial charge in [-0.05, 0) is 20.8 Å². The van der Waals surface area contributed by atoms with E-state index in [1.165, 1.54) is 0 Å². The lowest BCUT2D eigenvalue weighted by molar-refractivity contribution is -0.135. The van der Waals surface area contributed by atoms with Crippen LogP contribution in [0, 0.1) is 0 Å². The van der Waals surface area contributed by atoms with Crippen LogP contribution < -0.4 is 0 Å². The van der Waals surface area contributed by atoms with Crippen LogP contribution in [0.25, 0.3) is 0 Å². The van der Waals surface area contributed by atoms with E-state index in [1.54, 1.807) is 0 Å². The van der Waals surface area contributed by atoms with Gasteiger partial charge < -0.3 is 14.3 Å². The zero-order chi connectivity index (χ0) is 9.61. The van der Waals surface area contributed by atoms with Crippen LogP contribution in [-0.2, 0) is 14.3 Å². The summed E-state index contributed by atoms with van der Waals surface area (Å²) in [6, 6.07) is 0. The summed E-state index contributed by atoms with van der Waals surface area (Å²) in [7, 11) is 0.662. The highest BCUT2D eigenvalue weighted by molar-refractivity contribution is 6.23. The van der Waals surface area contributed by atoms with Gasteiger partial charge in [-0.25, -0.2) is 0 Å². The lowest BCUT2D eigenvalue weighted by atomic mass is 10.2. The molecule has 0 heterocycles. The predicted molar refractivity (Wildman–Crippen MR) is 51.4 cm³/mol. The molecule has 3 nitrogen and oxygen atoms in total. The predicted octanol–water partition coefficient (Wildman–Crippen LogP) is -0.292. The minimum atomic E-state index is -0.662. The lowest BCUT2D eigenvalue weighted by Crippen LogP contribution is -2.47. The van der Waals surface area contributed by atoms with Crippen molar-refractivity contribution in [3.63, 3.8) is 0 Å². The van der Waals surface area contributed by atoms with Crippen LogP contribution in [0.15, 0.2) is 0 Å². The Morgan fingerprint density at radius 3 is 2.42 bits per heavy atom. The Morgan fingerprint density at radius 1 is 1.50 bits per heavy atom. The third-order valence-electron chi connectivity index (χ3n) is 1.91. The molecule has 0 amide bonds. The van der Waals surface area contributed by atoms with E-state index in [-0.39, 0.29) is 6.10 Å². The van der Waals surface area contributed by atoms with E-state index in [9.17, 15) is 4.79 Å². The molecule has 0 saturated heterocycles.